The molecular weight excluding hydrogens is 342 g/mol. The summed E-state index contributed by atoms with van der Waals surface area (Å²) < 4.78 is 0. The van der Waals surface area contributed by atoms with Crippen molar-refractivity contribution in [3.05, 3.63) is 100 Å². The summed E-state index contributed by atoms with van der Waals surface area (Å²) in [7, 11) is 0. The van der Waals surface area contributed by atoms with E-state index < -0.39 is 0 Å². The van der Waals surface area contributed by atoms with Gasteiger partial charge in [-0.3, -0.25) is 4.99 Å². The highest BCUT2D eigenvalue weighted by Crippen LogP contribution is 2.31. The summed E-state index contributed by atoms with van der Waals surface area (Å²) in [4.78, 5) is 4.95. The molecule has 2 heteroatoms. The number of hydrogen-bond acceptors (Lipinski definition) is 2. The van der Waals surface area contributed by atoms with Crippen molar-refractivity contribution in [1.82, 2.24) is 0 Å². The van der Waals surface area contributed by atoms with Crippen molar-refractivity contribution in [3.63, 3.8) is 0 Å². The van der Waals surface area contributed by atoms with Gasteiger partial charge < -0.3 is 5.11 Å². The molecule has 0 unspecified atom stereocenters. The second-order valence-electron chi connectivity index (χ2n) is 7.73. The molecule has 0 saturated carbocycles. The maximum Gasteiger partial charge on any atom is 0.128 e. The molecule has 0 aromatic heterocycles. The second kappa shape index (κ2) is 8.02. The smallest absolute Gasteiger partial charge is 0.128 e. The molecule has 0 saturated heterocycles. The molecule has 3 aromatic carbocycles. The van der Waals surface area contributed by atoms with E-state index in [0.29, 0.717) is 5.75 Å². The Labute approximate surface area is 167 Å². The third-order valence-electron chi connectivity index (χ3n) is 5.77. The van der Waals surface area contributed by atoms with E-state index in [1.807, 2.05) is 25.1 Å². The Morgan fingerprint density at radius 1 is 0.786 bits per heavy atom. The zero-order valence-electron chi connectivity index (χ0n) is 16.7. The lowest BCUT2D eigenvalue weighted by Gasteiger charge is -2.18. The quantitative estimate of drug-likeness (QED) is 0.577. The Balaban J connectivity index is 1.73. The third-order valence-corrected chi connectivity index (χ3v) is 5.77. The Kier molecular flexibility index (Phi) is 5.29. The minimum atomic E-state index is 0.0581. The van der Waals surface area contributed by atoms with E-state index >= 15 is 0 Å². The van der Waals surface area contributed by atoms with Gasteiger partial charge in [0.15, 0.2) is 0 Å². The van der Waals surface area contributed by atoms with Crippen molar-refractivity contribution in [2.75, 3.05) is 0 Å². The zero-order valence-corrected chi connectivity index (χ0v) is 16.7. The maximum absolute atomic E-state index is 11.1. The Morgan fingerprint density at radius 2 is 1.36 bits per heavy atom. The van der Waals surface area contributed by atoms with Gasteiger partial charge in [-0.1, -0.05) is 66.7 Å². The molecular formula is C26H27NO. The molecule has 3 aromatic rings. The number of nitrogens with zero attached hydrogens (tertiary/aromatic N) is 1. The minimum absolute atomic E-state index is 0.0581. The van der Waals surface area contributed by atoms with E-state index in [-0.39, 0.29) is 6.04 Å². The molecule has 0 radical (unpaired) electrons. The number of benzene rings is 3. The highest BCUT2D eigenvalue weighted by atomic mass is 16.3. The van der Waals surface area contributed by atoms with Crippen molar-refractivity contribution in [1.29, 1.82) is 0 Å². The van der Waals surface area contributed by atoms with Crippen molar-refractivity contribution in [2.45, 2.75) is 45.6 Å². The van der Waals surface area contributed by atoms with E-state index in [2.05, 4.69) is 55.5 Å². The first-order valence-electron chi connectivity index (χ1n) is 10.1. The molecule has 2 nitrogen and oxygen atoms in total. The molecule has 0 fully saturated rings. The standard InChI is InChI=1S/C26H27NO/c1-18(22-6-4-3-5-7-22)27-19(2)25-23-14-12-20-8-10-21(11-9-20)13-15-24(17-16-23)26(25)28/h3-11,16-18,28H,12-15H2,1-2H3/t18-/m0/s1. The summed E-state index contributed by atoms with van der Waals surface area (Å²) in [6.45, 7) is 4.14. The summed E-state index contributed by atoms with van der Waals surface area (Å²) in [5, 5.41) is 11.1. The molecule has 142 valence electrons. The number of aromatic hydroxyl groups is 1. The zero-order chi connectivity index (χ0) is 19.5. The van der Waals surface area contributed by atoms with Crippen LogP contribution in [0.4, 0.5) is 0 Å². The molecule has 0 aliphatic heterocycles. The third kappa shape index (κ3) is 3.87. The number of aliphatic imine (C=N–C) groups is 1. The van der Waals surface area contributed by atoms with Gasteiger partial charge in [-0.2, -0.15) is 0 Å². The number of rotatable bonds is 3. The SMILES string of the molecule is CC(=N[C@@H](C)c1ccccc1)c1c2ccc(c1O)CCc1ccc(cc1)CC2. The first kappa shape index (κ1) is 18.5. The first-order chi connectivity index (χ1) is 13.6. The van der Waals surface area contributed by atoms with Gasteiger partial charge in [-0.25, -0.2) is 0 Å². The molecule has 1 atom stereocenters. The van der Waals surface area contributed by atoms with Crippen LogP contribution in [0.5, 0.6) is 5.75 Å². The van der Waals surface area contributed by atoms with Gasteiger partial charge in [0.25, 0.3) is 0 Å². The Bertz CT molecular complexity index is 987. The Hall–Kier alpha value is -2.87. The van der Waals surface area contributed by atoms with Gasteiger partial charge >= 0.3 is 0 Å². The van der Waals surface area contributed by atoms with E-state index in [1.54, 1.807) is 0 Å². The topological polar surface area (TPSA) is 32.6 Å². The summed E-state index contributed by atoms with van der Waals surface area (Å²) in [6.07, 6.45) is 3.63. The van der Waals surface area contributed by atoms with Crippen LogP contribution in [0.1, 0.15) is 53.3 Å². The largest absolute Gasteiger partial charge is 0.507 e. The van der Waals surface area contributed by atoms with Crippen LogP contribution in [-0.2, 0) is 25.7 Å². The number of phenols is 1. The van der Waals surface area contributed by atoms with E-state index in [1.165, 1.54) is 22.3 Å². The first-order valence-corrected chi connectivity index (χ1v) is 10.1. The second-order valence-corrected chi connectivity index (χ2v) is 7.73. The summed E-state index contributed by atoms with van der Waals surface area (Å²) in [6, 6.07) is 23.6. The van der Waals surface area contributed by atoms with Crippen LogP contribution in [0.2, 0.25) is 0 Å². The molecule has 0 spiro atoms. The molecule has 4 bridgehead atoms. The van der Waals surface area contributed by atoms with E-state index in [4.69, 9.17) is 4.99 Å². The average molecular weight is 370 g/mol. The number of hydrogen-bond donors (Lipinski definition) is 1. The van der Waals surface area contributed by atoms with Crippen molar-refractivity contribution >= 4 is 5.71 Å². The molecule has 4 aliphatic rings. The predicted molar refractivity (Wildman–Crippen MR) is 116 cm³/mol. The molecule has 0 amide bonds. The van der Waals surface area contributed by atoms with Gasteiger partial charge in [0, 0.05) is 11.3 Å². The van der Waals surface area contributed by atoms with Gasteiger partial charge in [0.1, 0.15) is 5.75 Å². The minimum Gasteiger partial charge on any atom is -0.507 e. The van der Waals surface area contributed by atoms with Crippen LogP contribution in [0.15, 0.2) is 71.7 Å². The normalized spacial score (nSPS) is 15.1. The number of phenolic OH excluding ortho intramolecular Hbond substituents is 1. The molecule has 4 aliphatic carbocycles. The van der Waals surface area contributed by atoms with Gasteiger partial charge in [-0.05, 0) is 67.3 Å². The van der Waals surface area contributed by atoms with Gasteiger partial charge in [0.2, 0.25) is 0 Å². The van der Waals surface area contributed by atoms with Crippen molar-refractivity contribution < 1.29 is 5.11 Å². The van der Waals surface area contributed by atoms with Crippen LogP contribution in [0.3, 0.4) is 0 Å². The summed E-state index contributed by atoms with van der Waals surface area (Å²) >= 11 is 0. The fourth-order valence-electron chi connectivity index (χ4n) is 4.08. The van der Waals surface area contributed by atoms with E-state index in [0.717, 1.165) is 42.5 Å². The van der Waals surface area contributed by atoms with Crippen molar-refractivity contribution in [2.24, 2.45) is 4.99 Å². The summed E-state index contributed by atoms with van der Waals surface area (Å²) in [5.41, 5.74) is 7.86. The van der Waals surface area contributed by atoms with Crippen LogP contribution < -0.4 is 0 Å². The highest BCUT2D eigenvalue weighted by Gasteiger charge is 2.17. The van der Waals surface area contributed by atoms with Gasteiger partial charge in [0.05, 0.1) is 6.04 Å². The van der Waals surface area contributed by atoms with Crippen LogP contribution in [0, 0.1) is 0 Å². The average Bonchev–Trinajstić information content (AvgIpc) is 2.71. The monoisotopic (exact) mass is 369 g/mol. The molecule has 1 N–H and O–H groups in total. The van der Waals surface area contributed by atoms with Crippen LogP contribution in [0.25, 0.3) is 0 Å². The lowest BCUT2D eigenvalue weighted by atomic mass is 9.90. The maximum atomic E-state index is 11.1. The van der Waals surface area contributed by atoms with Crippen LogP contribution in [-0.4, -0.2) is 10.8 Å². The Morgan fingerprint density at radius 3 is 2.00 bits per heavy atom. The lowest BCUT2D eigenvalue weighted by molar-refractivity contribution is 0.465. The van der Waals surface area contributed by atoms with E-state index in [9.17, 15) is 5.11 Å². The van der Waals surface area contributed by atoms with Gasteiger partial charge in [-0.15, -0.1) is 0 Å². The van der Waals surface area contributed by atoms with Crippen molar-refractivity contribution in [3.8, 4) is 5.75 Å². The predicted octanol–water partition coefficient (Wildman–Crippen LogP) is 5.85. The van der Waals surface area contributed by atoms with Crippen LogP contribution >= 0.6 is 0 Å². The summed E-state index contributed by atoms with van der Waals surface area (Å²) in [5.74, 6) is 0.411. The lowest BCUT2D eigenvalue weighted by Crippen LogP contribution is -2.08. The fourth-order valence-corrected chi connectivity index (χ4v) is 4.08. The molecule has 7 rings (SSSR count). The highest BCUT2D eigenvalue weighted by molar-refractivity contribution is 6.03. The number of aryl methyl sites for hydroxylation is 4. The fraction of sp³-hybridized carbons (Fsp3) is 0.269. The molecule has 28 heavy (non-hydrogen) atoms. The molecule has 0 heterocycles.